The van der Waals surface area contributed by atoms with E-state index < -0.39 is 0 Å². The van der Waals surface area contributed by atoms with Gasteiger partial charge in [0.1, 0.15) is 23.2 Å². The maximum absolute atomic E-state index is 14.6. The fourth-order valence-corrected chi connectivity index (χ4v) is 3.32. The highest BCUT2D eigenvalue weighted by molar-refractivity contribution is 5.95. The predicted octanol–water partition coefficient (Wildman–Crippen LogP) is 5.19. The van der Waals surface area contributed by atoms with Crippen molar-refractivity contribution >= 4 is 11.4 Å². The molecule has 0 aliphatic rings. The fourth-order valence-electron chi connectivity index (χ4n) is 3.32. The van der Waals surface area contributed by atoms with E-state index in [2.05, 4.69) is 11.1 Å². The number of carbonyl (C=O) groups is 1. The summed E-state index contributed by atoms with van der Waals surface area (Å²) >= 11 is 0. The number of rotatable bonds is 3. The van der Waals surface area contributed by atoms with E-state index in [1.54, 1.807) is 28.8 Å². The van der Waals surface area contributed by atoms with Crippen LogP contribution >= 0.6 is 0 Å². The van der Waals surface area contributed by atoms with Crippen LogP contribution in [0.5, 0.6) is 0 Å². The van der Waals surface area contributed by atoms with Crippen molar-refractivity contribution in [1.29, 1.82) is 5.26 Å². The number of pyridine rings is 1. The lowest BCUT2D eigenvalue weighted by molar-refractivity contribution is 0.101. The summed E-state index contributed by atoms with van der Waals surface area (Å²) in [6, 6.07) is 17.9. The van der Waals surface area contributed by atoms with E-state index >= 15 is 0 Å². The van der Waals surface area contributed by atoms with Gasteiger partial charge in [0.15, 0.2) is 11.5 Å². The van der Waals surface area contributed by atoms with Gasteiger partial charge in [0.2, 0.25) is 0 Å². The van der Waals surface area contributed by atoms with Crippen molar-refractivity contribution in [3.63, 3.8) is 0 Å². The van der Waals surface area contributed by atoms with Gasteiger partial charge < -0.3 is 0 Å². The molecule has 0 unspecified atom stereocenters. The number of imidazole rings is 1. The molecule has 2 heterocycles. The zero-order valence-corrected chi connectivity index (χ0v) is 15.4. The van der Waals surface area contributed by atoms with Crippen molar-refractivity contribution in [1.82, 2.24) is 9.38 Å². The molecule has 0 radical (unpaired) electrons. The average Bonchev–Trinajstić information content (AvgIpc) is 3.05. The van der Waals surface area contributed by atoms with Crippen LogP contribution in [-0.4, -0.2) is 15.2 Å². The molecule has 5 heteroatoms. The third kappa shape index (κ3) is 2.85. The maximum atomic E-state index is 14.6. The molecule has 4 rings (SSSR count). The number of fused-ring (bicyclic) bond motifs is 1. The number of hydrogen-bond acceptors (Lipinski definition) is 3. The van der Waals surface area contributed by atoms with E-state index in [-0.39, 0.29) is 11.6 Å². The zero-order chi connectivity index (χ0) is 19.8. The predicted molar refractivity (Wildman–Crippen MR) is 105 cm³/mol. The van der Waals surface area contributed by atoms with Gasteiger partial charge in [0, 0.05) is 22.9 Å². The molecule has 0 atom stereocenters. The van der Waals surface area contributed by atoms with Crippen molar-refractivity contribution in [2.24, 2.45) is 0 Å². The van der Waals surface area contributed by atoms with Gasteiger partial charge in [-0.2, -0.15) is 5.26 Å². The standard InChI is InChI=1S/C23H16FN3O/c1-14-7-8-18(20(24)11-14)17-5-3-4-6-19(17)23-21(13-25)27-10-9-16(15(2)28)12-22(27)26-23/h3-12H,1-2H3. The molecule has 0 amide bonds. The minimum atomic E-state index is -0.325. The summed E-state index contributed by atoms with van der Waals surface area (Å²) in [6.45, 7) is 3.32. The number of ketones is 1. The van der Waals surface area contributed by atoms with Crippen LogP contribution in [0.4, 0.5) is 4.39 Å². The first-order valence-electron chi connectivity index (χ1n) is 8.78. The summed E-state index contributed by atoms with van der Waals surface area (Å²) in [5, 5.41) is 9.75. The number of nitriles is 1. The number of aryl methyl sites for hydroxylation is 1. The molecule has 0 bridgehead atoms. The summed E-state index contributed by atoms with van der Waals surface area (Å²) in [5.41, 5.74) is 4.42. The van der Waals surface area contributed by atoms with Crippen molar-refractivity contribution in [3.8, 4) is 28.5 Å². The first-order valence-corrected chi connectivity index (χ1v) is 8.78. The highest BCUT2D eigenvalue weighted by Crippen LogP contribution is 2.35. The van der Waals surface area contributed by atoms with Gasteiger partial charge in [-0.25, -0.2) is 9.37 Å². The molecule has 0 saturated carbocycles. The van der Waals surface area contributed by atoms with Crippen LogP contribution in [0.2, 0.25) is 0 Å². The van der Waals surface area contributed by atoms with Gasteiger partial charge >= 0.3 is 0 Å². The van der Waals surface area contributed by atoms with Crippen molar-refractivity contribution in [2.45, 2.75) is 13.8 Å². The summed E-state index contributed by atoms with van der Waals surface area (Å²) in [5.74, 6) is -0.402. The summed E-state index contributed by atoms with van der Waals surface area (Å²) < 4.78 is 16.3. The second kappa shape index (κ2) is 6.75. The Labute approximate surface area is 161 Å². The largest absolute Gasteiger partial charge is 0.295 e. The number of carbonyl (C=O) groups excluding carboxylic acids is 1. The Bertz CT molecular complexity index is 1280. The van der Waals surface area contributed by atoms with Crippen LogP contribution in [0.25, 0.3) is 28.0 Å². The van der Waals surface area contributed by atoms with Gasteiger partial charge in [-0.15, -0.1) is 0 Å². The minimum Gasteiger partial charge on any atom is -0.295 e. The third-order valence-electron chi connectivity index (χ3n) is 4.74. The third-order valence-corrected chi connectivity index (χ3v) is 4.74. The molecule has 2 aromatic carbocycles. The monoisotopic (exact) mass is 369 g/mol. The average molecular weight is 369 g/mol. The second-order valence-corrected chi connectivity index (χ2v) is 6.65. The van der Waals surface area contributed by atoms with E-state index in [0.29, 0.717) is 39.3 Å². The highest BCUT2D eigenvalue weighted by atomic mass is 19.1. The highest BCUT2D eigenvalue weighted by Gasteiger charge is 2.19. The number of halogens is 1. The lowest BCUT2D eigenvalue weighted by Crippen LogP contribution is -1.95. The molecule has 28 heavy (non-hydrogen) atoms. The zero-order valence-electron chi connectivity index (χ0n) is 15.4. The number of benzene rings is 2. The Morgan fingerprint density at radius 2 is 1.82 bits per heavy atom. The Kier molecular flexibility index (Phi) is 4.25. The Balaban J connectivity index is 1.99. The quantitative estimate of drug-likeness (QED) is 0.467. The summed E-state index contributed by atoms with van der Waals surface area (Å²) in [4.78, 5) is 16.3. The molecule has 4 aromatic rings. The van der Waals surface area contributed by atoms with Crippen LogP contribution in [0.1, 0.15) is 28.5 Å². The second-order valence-electron chi connectivity index (χ2n) is 6.65. The fraction of sp³-hybridized carbons (Fsp3) is 0.0870. The van der Waals surface area contributed by atoms with E-state index in [9.17, 15) is 14.4 Å². The van der Waals surface area contributed by atoms with Gasteiger partial charge in [-0.05, 0) is 43.2 Å². The Hall–Kier alpha value is -3.78. The topological polar surface area (TPSA) is 58.2 Å². The Morgan fingerprint density at radius 1 is 1.07 bits per heavy atom. The van der Waals surface area contributed by atoms with Crippen LogP contribution in [-0.2, 0) is 0 Å². The molecule has 2 aromatic heterocycles. The van der Waals surface area contributed by atoms with Gasteiger partial charge in [-0.1, -0.05) is 36.4 Å². The first kappa shape index (κ1) is 17.6. The molecule has 4 nitrogen and oxygen atoms in total. The number of Topliss-reactive ketones (excluding diaryl/α,β-unsaturated/α-hetero) is 1. The smallest absolute Gasteiger partial charge is 0.159 e. The van der Waals surface area contributed by atoms with Crippen LogP contribution in [0.3, 0.4) is 0 Å². The summed E-state index contributed by atoms with van der Waals surface area (Å²) in [6.07, 6.45) is 1.66. The number of nitrogens with zero attached hydrogens (tertiary/aromatic N) is 3. The lowest BCUT2D eigenvalue weighted by Gasteiger charge is -2.10. The molecule has 136 valence electrons. The van der Waals surface area contributed by atoms with Gasteiger partial charge in [0.05, 0.1) is 0 Å². The van der Waals surface area contributed by atoms with E-state index in [0.717, 1.165) is 5.56 Å². The Morgan fingerprint density at radius 3 is 2.50 bits per heavy atom. The number of aromatic nitrogens is 2. The van der Waals surface area contributed by atoms with E-state index in [1.807, 2.05) is 37.3 Å². The van der Waals surface area contributed by atoms with Crippen LogP contribution in [0.15, 0.2) is 60.8 Å². The van der Waals surface area contributed by atoms with Crippen molar-refractivity contribution in [3.05, 3.63) is 83.4 Å². The van der Waals surface area contributed by atoms with E-state index in [1.165, 1.54) is 13.0 Å². The van der Waals surface area contributed by atoms with Crippen LogP contribution < -0.4 is 0 Å². The number of hydrogen-bond donors (Lipinski definition) is 0. The minimum absolute atomic E-state index is 0.0762. The van der Waals surface area contributed by atoms with Gasteiger partial charge in [-0.3, -0.25) is 9.20 Å². The molecule has 0 N–H and O–H groups in total. The molecule has 0 aliphatic carbocycles. The van der Waals surface area contributed by atoms with Crippen molar-refractivity contribution in [2.75, 3.05) is 0 Å². The molecule has 0 saturated heterocycles. The molecular formula is C23H16FN3O. The SMILES string of the molecule is CC(=O)c1ccn2c(C#N)c(-c3ccccc3-c3ccc(C)cc3F)nc2c1. The molecular weight excluding hydrogens is 353 g/mol. The first-order chi connectivity index (χ1) is 13.5. The lowest BCUT2D eigenvalue weighted by atomic mass is 9.96. The van der Waals surface area contributed by atoms with Crippen LogP contribution in [0, 0.1) is 24.1 Å². The maximum Gasteiger partial charge on any atom is 0.159 e. The molecule has 0 fully saturated rings. The summed E-state index contributed by atoms with van der Waals surface area (Å²) in [7, 11) is 0. The van der Waals surface area contributed by atoms with Crippen molar-refractivity contribution < 1.29 is 9.18 Å². The molecule has 0 spiro atoms. The normalized spacial score (nSPS) is 10.8. The van der Waals surface area contributed by atoms with E-state index in [4.69, 9.17) is 0 Å². The molecule has 0 aliphatic heterocycles. The van der Waals surface area contributed by atoms with Gasteiger partial charge in [0.25, 0.3) is 0 Å².